The molecule has 0 radical (unpaired) electrons. The quantitative estimate of drug-likeness (QED) is 0.495. The lowest BCUT2D eigenvalue weighted by atomic mass is 10.0. The molecule has 0 unspecified atom stereocenters. The van der Waals surface area contributed by atoms with E-state index in [-0.39, 0.29) is 17.5 Å². The third kappa shape index (κ3) is 5.80. The number of nitrogens with zero attached hydrogens (tertiary/aromatic N) is 2. The molecule has 2 N–H and O–H groups in total. The van der Waals surface area contributed by atoms with E-state index in [0.717, 1.165) is 35.3 Å². The average molecular weight is 415 g/mol. The fourth-order valence-electron chi connectivity index (χ4n) is 2.82. The predicted octanol–water partition coefficient (Wildman–Crippen LogP) is 4.68. The van der Waals surface area contributed by atoms with Crippen LogP contribution < -0.4 is 10.6 Å². The van der Waals surface area contributed by atoms with Gasteiger partial charge in [-0.25, -0.2) is 4.39 Å². The van der Waals surface area contributed by atoms with Gasteiger partial charge in [0.05, 0.1) is 12.3 Å². The van der Waals surface area contributed by atoms with Crippen molar-refractivity contribution >= 4 is 29.0 Å². The molecular formula is C21H23FN4O2S. The Balaban J connectivity index is 1.52. The maximum absolute atomic E-state index is 12.9. The van der Waals surface area contributed by atoms with E-state index < -0.39 is 0 Å². The number of para-hydroxylation sites is 1. The summed E-state index contributed by atoms with van der Waals surface area (Å²) in [7, 11) is 0. The number of aryl methyl sites for hydroxylation is 2. The first-order valence-corrected chi connectivity index (χ1v) is 10.4. The van der Waals surface area contributed by atoms with Gasteiger partial charge >= 0.3 is 0 Å². The first-order chi connectivity index (χ1) is 14.1. The molecule has 0 aliphatic heterocycles. The van der Waals surface area contributed by atoms with Crippen LogP contribution in [0.2, 0.25) is 0 Å². The number of thioether (sulfide) groups is 1. The van der Waals surface area contributed by atoms with Crippen molar-refractivity contribution in [1.82, 2.24) is 10.2 Å². The summed E-state index contributed by atoms with van der Waals surface area (Å²) in [5, 5.41) is 14.3. The SMILES string of the molecule is CCc1cccc(CC)c1NC(=O)CSc1nnc(CNc2ccc(F)cc2)o1. The van der Waals surface area contributed by atoms with Gasteiger partial charge < -0.3 is 15.1 Å². The number of anilines is 2. The molecule has 2 aromatic carbocycles. The Bertz CT molecular complexity index is 937. The van der Waals surface area contributed by atoms with E-state index in [9.17, 15) is 9.18 Å². The minimum absolute atomic E-state index is 0.116. The van der Waals surface area contributed by atoms with E-state index in [1.807, 2.05) is 18.2 Å². The lowest BCUT2D eigenvalue weighted by Crippen LogP contribution is -2.16. The van der Waals surface area contributed by atoms with E-state index in [1.165, 1.54) is 23.9 Å². The second-order valence-corrected chi connectivity index (χ2v) is 7.24. The van der Waals surface area contributed by atoms with Gasteiger partial charge in [-0.1, -0.05) is 43.8 Å². The van der Waals surface area contributed by atoms with E-state index in [0.29, 0.717) is 17.7 Å². The van der Waals surface area contributed by atoms with Gasteiger partial charge in [-0.2, -0.15) is 0 Å². The smallest absolute Gasteiger partial charge is 0.277 e. The molecule has 29 heavy (non-hydrogen) atoms. The molecule has 1 amide bonds. The Kier molecular flexibility index (Phi) is 7.24. The monoisotopic (exact) mass is 414 g/mol. The number of carbonyl (C=O) groups is 1. The highest BCUT2D eigenvalue weighted by Gasteiger charge is 2.13. The standard InChI is InChI=1S/C21H23FN4O2S/c1-3-14-6-5-7-15(4-2)20(14)24-18(27)13-29-21-26-25-19(28-21)12-23-17-10-8-16(22)9-11-17/h5-11,23H,3-4,12-13H2,1-2H3,(H,24,27). The average Bonchev–Trinajstić information content (AvgIpc) is 3.20. The van der Waals surface area contributed by atoms with Crippen LogP contribution in [0.25, 0.3) is 0 Å². The molecule has 3 rings (SSSR count). The summed E-state index contributed by atoms with van der Waals surface area (Å²) in [6.45, 7) is 4.45. The molecule has 0 spiro atoms. The van der Waals surface area contributed by atoms with Crippen LogP contribution in [0.5, 0.6) is 0 Å². The Labute approximate surface area is 173 Å². The topological polar surface area (TPSA) is 80.0 Å². The Morgan fingerprint density at radius 3 is 2.41 bits per heavy atom. The molecule has 0 atom stereocenters. The van der Waals surface area contributed by atoms with Crippen molar-refractivity contribution in [3.63, 3.8) is 0 Å². The summed E-state index contributed by atoms with van der Waals surface area (Å²) < 4.78 is 18.5. The van der Waals surface area contributed by atoms with E-state index in [4.69, 9.17) is 4.42 Å². The fraction of sp³-hybridized carbons (Fsp3) is 0.286. The first kappa shape index (κ1) is 20.9. The van der Waals surface area contributed by atoms with Crippen LogP contribution in [-0.2, 0) is 24.2 Å². The molecule has 3 aromatic rings. The fourth-order valence-corrected chi connectivity index (χ4v) is 3.40. The highest BCUT2D eigenvalue weighted by atomic mass is 32.2. The summed E-state index contributed by atoms with van der Waals surface area (Å²) in [5.41, 5.74) is 3.89. The summed E-state index contributed by atoms with van der Waals surface area (Å²) in [6, 6.07) is 12.1. The third-order valence-electron chi connectivity index (χ3n) is 4.33. The Hall–Kier alpha value is -2.87. The summed E-state index contributed by atoms with van der Waals surface area (Å²) >= 11 is 1.19. The normalized spacial score (nSPS) is 10.7. The molecule has 6 nitrogen and oxygen atoms in total. The number of benzene rings is 2. The molecule has 0 bridgehead atoms. The second kappa shape index (κ2) is 10.1. The van der Waals surface area contributed by atoms with E-state index in [1.54, 1.807) is 12.1 Å². The number of nitrogens with one attached hydrogen (secondary N) is 2. The van der Waals surface area contributed by atoms with Crippen LogP contribution in [0.4, 0.5) is 15.8 Å². The van der Waals surface area contributed by atoms with E-state index in [2.05, 4.69) is 34.7 Å². The van der Waals surface area contributed by atoms with Crippen LogP contribution in [-0.4, -0.2) is 21.9 Å². The van der Waals surface area contributed by atoms with Crippen molar-refractivity contribution in [2.24, 2.45) is 0 Å². The molecule has 8 heteroatoms. The molecule has 1 aromatic heterocycles. The van der Waals surface area contributed by atoms with Gasteiger partial charge in [0.25, 0.3) is 5.22 Å². The molecular weight excluding hydrogens is 391 g/mol. The molecule has 1 heterocycles. The number of amides is 1. The van der Waals surface area contributed by atoms with Crippen LogP contribution in [0, 0.1) is 5.82 Å². The molecule has 0 saturated carbocycles. The number of carbonyl (C=O) groups excluding carboxylic acids is 1. The summed E-state index contributed by atoms with van der Waals surface area (Å²) in [6.07, 6.45) is 1.70. The minimum Gasteiger partial charge on any atom is -0.414 e. The largest absolute Gasteiger partial charge is 0.414 e. The molecule has 0 aliphatic rings. The Morgan fingerprint density at radius 2 is 1.76 bits per heavy atom. The first-order valence-electron chi connectivity index (χ1n) is 9.44. The number of rotatable bonds is 9. The maximum atomic E-state index is 12.9. The molecule has 0 saturated heterocycles. The zero-order valence-electron chi connectivity index (χ0n) is 16.4. The van der Waals surface area contributed by atoms with Gasteiger partial charge in [0.2, 0.25) is 11.8 Å². The van der Waals surface area contributed by atoms with Gasteiger partial charge in [-0.3, -0.25) is 4.79 Å². The van der Waals surface area contributed by atoms with Crippen molar-refractivity contribution in [2.75, 3.05) is 16.4 Å². The molecule has 0 fully saturated rings. The molecule has 0 aliphatic carbocycles. The number of aromatic nitrogens is 2. The van der Waals surface area contributed by atoms with Crippen LogP contribution >= 0.6 is 11.8 Å². The molecule has 152 valence electrons. The Morgan fingerprint density at radius 1 is 1.07 bits per heavy atom. The highest BCUT2D eigenvalue weighted by molar-refractivity contribution is 7.99. The van der Waals surface area contributed by atoms with Crippen LogP contribution in [0.15, 0.2) is 52.1 Å². The van der Waals surface area contributed by atoms with E-state index >= 15 is 0 Å². The van der Waals surface area contributed by atoms with Crippen LogP contribution in [0.1, 0.15) is 30.9 Å². The van der Waals surface area contributed by atoms with Gasteiger partial charge in [-0.15, -0.1) is 10.2 Å². The van der Waals surface area contributed by atoms with Crippen molar-refractivity contribution in [3.8, 4) is 0 Å². The highest BCUT2D eigenvalue weighted by Crippen LogP contribution is 2.24. The minimum atomic E-state index is -0.294. The van der Waals surface area contributed by atoms with Crippen LogP contribution in [0.3, 0.4) is 0 Å². The number of hydrogen-bond acceptors (Lipinski definition) is 6. The lowest BCUT2D eigenvalue weighted by Gasteiger charge is -2.14. The van der Waals surface area contributed by atoms with Gasteiger partial charge in [0.15, 0.2) is 0 Å². The lowest BCUT2D eigenvalue weighted by molar-refractivity contribution is -0.113. The van der Waals surface area contributed by atoms with Gasteiger partial charge in [0, 0.05) is 11.4 Å². The zero-order chi connectivity index (χ0) is 20.6. The number of hydrogen-bond donors (Lipinski definition) is 2. The number of halogens is 1. The van der Waals surface area contributed by atoms with Crippen molar-refractivity contribution in [1.29, 1.82) is 0 Å². The van der Waals surface area contributed by atoms with Crippen molar-refractivity contribution < 1.29 is 13.6 Å². The predicted molar refractivity (Wildman–Crippen MR) is 113 cm³/mol. The summed E-state index contributed by atoms with van der Waals surface area (Å²) in [4.78, 5) is 12.4. The maximum Gasteiger partial charge on any atom is 0.277 e. The van der Waals surface area contributed by atoms with Crippen molar-refractivity contribution in [3.05, 3.63) is 65.3 Å². The third-order valence-corrected chi connectivity index (χ3v) is 5.14. The second-order valence-electron chi connectivity index (χ2n) is 6.32. The van der Waals surface area contributed by atoms with Crippen molar-refractivity contribution in [2.45, 2.75) is 38.5 Å². The summed E-state index contributed by atoms with van der Waals surface area (Å²) in [5.74, 6) is 0.156. The van der Waals surface area contributed by atoms with Gasteiger partial charge in [-0.05, 0) is 48.2 Å². The zero-order valence-corrected chi connectivity index (χ0v) is 17.2. The van der Waals surface area contributed by atoms with Gasteiger partial charge in [0.1, 0.15) is 5.82 Å².